The number of hydrogen-bond acceptors (Lipinski definition) is 1. The maximum Gasteiger partial charge on any atom is 0.00104 e. The van der Waals surface area contributed by atoms with Crippen LogP contribution < -0.4 is 5.32 Å². The molecule has 1 nitrogen and oxygen atoms in total. The molecule has 0 amide bonds. The van der Waals surface area contributed by atoms with Crippen LogP contribution in [0.15, 0.2) is 12.7 Å². The molecule has 0 heterocycles. The van der Waals surface area contributed by atoms with Crippen LogP contribution in [-0.4, -0.2) is 12.6 Å². The Morgan fingerprint density at radius 1 is 1.22 bits per heavy atom. The second-order valence-corrected chi connectivity index (χ2v) is 6.42. The van der Waals surface area contributed by atoms with E-state index in [2.05, 4.69) is 38.7 Å². The van der Waals surface area contributed by atoms with E-state index in [9.17, 15) is 0 Å². The Kier molecular flexibility index (Phi) is 7.65. The molecule has 0 aromatic heterocycles. The molecule has 0 spiro atoms. The highest BCUT2D eigenvalue weighted by Gasteiger charge is 2.29. The predicted molar refractivity (Wildman–Crippen MR) is 81.8 cm³/mol. The lowest BCUT2D eigenvalue weighted by atomic mass is 9.71. The molecule has 1 rings (SSSR count). The van der Waals surface area contributed by atoms with Gasteiger partial charge in [0, 0.05) is 6.04 Å². The Morgan fingerprint density at radius 2 is 2.00 bits per heavy atom. The standard InChI is InChI=1S/C17H33N/c1-5-7-9-16-12-15(8-6-2)10-11-17(16)13-18-14(3)4/h5,14-18H,1,6-13H2,2-4H3. The minimum Gasteiger partial charge on any atom is -0.314 e. The fourth-order valence-corrected chi connectivity index (χ4v) is 3.44. The Labute approximate surface area is 114 Å². The maximum atomic E-state index is 3.88. The van der Waals surface area contributed by atoms with E-state index >= 15 is 0 Å². The van der Waals surface area contributed by atoms with Crippen molar-refractivity contribution in [1.82, 2.24) is 5.32 Å². The lowest BCUT2D eigenvalue weighted by Crippen LogP contribution is -2.36. The molecule has 0 aromatic rings. The van der Waals surface area contributed by atoms with Gasteiger partial charge >= 0.3 is 0 Å². The van der Waals surface area contributed by atoms with Gasteiger partial charge in [0.2, 0.25) is 0 Å². The van der Waals surface area contributed by atoms with Gasteiger partial charge in [0.05, 0.1) is 0 Å². The Hall–Kier alpha value is -0.300. The molecular weight excluding hydrogens is 218 g/mol. The molecule has 0 aliphatic heterocycles. The fraction of sp³-hybridized carbons (Fsp3) is 0.882. The molecule has 3 unspecified atom stereocenters. The zero-order valence-electron chi connectivity index (χ0n) is 12.8. The highest BCUT2D eigenvalue weighted by molar-refractivity contribution is 4.83. The SMILES string of the molecule is C=CCCC1CC(CCC)CCC1CNC(C)C. The van der Waals surface area contributed by atoms with Crippen molar-refractivity contribution in [3.63, 3.8) is 0 Å². The van der Waals surface area contributed by atoms with Gasteiger partial charge in [-0.05, 0) is 50.0 Å². The number of nitrogens with one attached hydrogen (secondary N) is 1. The van der Waals surface area contributed by atoms with E-state index in [-0.39, 0.29) is 0 Å². The summed E-state index contributed by atoms with van der Waals surface area (Å²) in [4.78, 5) is 0. The van der Waals surface area contributed by atoms with Crippen LogP contribution >= 0.6 is 0 Å². The summed E-state index contributed by atoms with van der Waals surface area (Å²) < 4.78 is 0. The number of hydrogen-bond donors (Lipinski definition) is 1. The lowest BCUT2D eigenvalue weighted by molar-refractivity contribution is 0.158. The van der Waals surface area contributed by atoms with Gasteiger partial charge < -0.3 is 5.32 Å². The second-order valence-electron chi connectivity index (χ2n) is 6.42. The third kappa shape index (κ3) is 5.56. The first-order valence-electron chi connectivity index (χ1n) is 8.01. The third-order valence-electron chi connectivity index (χ3n) is 4.48. The average molecular weight is 251 g/mol. The van der Waals surface area contributed by atoms with Crippen molar-refractivity contribution in [2.45, 2.75) is 71.8 Å². The highest BCUT2D eigenvalue weighted by Crippen LogP contribution is 2.38. The summed E-state index contributed by atoms with van der Waals surface area (Å²) in [6, 6.07) is 0.624. The summed E-state index contributed by atoms with van der Waals surface area (Å²) in [5.74, 6) is 2.83. The smallest absolute Gasteiger partial charge is 0.00104 e. The number of rotatable bonds is 8. The molecule has 18 heavy (non-hydrogen) atoms. The Balaban J connectivity index is 2.45. The van der Waals surface area contributed by atoms with Crippen molar-refractivity contribution in [3.8, 4) is 0 Å². The molecule has 1 aliphatic rings. The van der Waals surface area contributed by atoms with Crippen LogP contribution in [0.2, 0.25) is 0 Å². The van der Waals surface area contributed by atoms with Gasteiger partial charge in [0.1, 0.15) is 0 Å². The van der Waals surface area contributed by atoms with E-state index in [0.29, 0.717) is 6.04 Å². The topological polar surface area (TPSA) is 12.0 Å². The van der Waals surface area contributed by atoms with Crippen molar-refractivity contribution in [2.75, 3.05) is 6.54 Å². The predicted octanol–water partition coefficient (Wildman–Crippen LogP) is 4.78. The van der Waals surface area contributed by atoms with Gasteiger partial charge in [-0.15, -0.1) is 6.58 Å². The van der Waals surface area contributed by atoms with Crippen LogP contribution in [-0.2, 0) is 0 Å². The first-order valence-corrected chi connectivity index (χ1v) is 8.01. The fourth-order valence-electron chi connectivity index (χ4n) is 3.44. The van der Waals surface area contributed by atoms with Crippen LogP contribution in [0.1, 0.15) is 65.7 Å². The molecule has 3 atom stereocenters. The van der Waals surface area contributed by atoms with Crippen LogP contribution in [0.5, 0.6) is 0 Å². The Morgan fingerprint density at radius 3 is 2.61 bits per heavy atom. The molecule has 1 N–H and O–H groups in total. The van der Waals surface area contributed by atoms with Gasteiger partial charge in [0.15, 0.2) is 0 Å². The van der Waals surface area contributed by atoms with Crippen LogP contribution in [0.3, 0.4) is 0 Å². The van der Waals surface area contributed by atoms with E-state index in [1.54, 1.807) is 0 Å². The van der Waals surface area contributed by atoms with Gasteiger partial charge in [-0.2, -0.15) is 0 Å². The van der Waals surface area contributed by atoms with Crippen molar-refractivity contribution < 1.29 is 0 Å². The molecule has 1 fully saturated rings. The van der Waals surface area contributed by atoms with E-state index < -0.39 is 0 Å². The van der Waals surface area contributed by atoms with Crippen molar-refractivity contribution in [3.05, 3.63) is 12.7 Å². The molecule has 0 saturated heterocycles. The molecule has 106 valence electrons. The summed E-state index contributed by atoms with van der Waals surface area (Å²) in [6.45, 7) is 11.9. The summed E-state index contributed by atoms with van der Waals surface area (Å²) in [5.41, 5.74) is 0. The lowest BCUT2D eigenvalue weighted by Gasteiger charge is -2.37. The molecule has 0 bridgehead atoms. The van der Waals surface area contributed by atoms with Crippen molar-refractivity contribution in [2.24, 2.45) is 17.8 Å². The van der Waals surface area contributed by atoms with Gasteiger partial charge in [0.25, 0.3) is 0 Å². The summed E-state index contributed by atoms with van der Waals surface area (Å²) in [7, 11) is 0. The normalized spacial score (nSPS) is 28.6. The Bertz CT molecular complexity index is 222. The monoisotopic (exact) mass is 251 g/mol. The van der Waals surface area contributed by atoms with Gasteiger partial charge in [-0.25, -0.2) is 0 Å². The summed E-state index contributed by atoms with van der Waals surface area (Å²) >= 11 is 0. The number of allylic oxidation sites excluding steroid dienone is 1. The minimum absolute atomic E-state index is 0.624. The zero-order chi connectivity index (χ0) is 13.4. The van der Waals surface area contributed by atoms with Crippen LogP contribution in [0.4, 0.5) is 0 Å². The van der Waals surface area contributed by atoms with Crippen LogP contribution in [0, 0.1) is 17.8 Å². The largest absolute Gasteiger partial charge is 0.314 e. The molecule has 1 heteroatoms. The third-order valence-corrected chi connectivity index (χ3v) is 4.48. The molecule has 0 radical (unpaired) electrons. The minimum atomic E-state index is 0.624. The van der Waals surface area contributed by atoms with Crippen molar-refractivity contribution in [1.29, 1.82) is 0 Å². The van der Waals surface area contributed by atoms with E-state index in [0.717, 1.165) is 17.8 Å². The van der Waals surface area contributed by atoms with E-state index in [4.69, 9.17) is 0 Å². The summed E-state index contributed by atoms with van der Waals surface area (Å²) in [5, 5.41) is 3.64. The second kappa shape index (κ2) is 8.74. The van der Waals surface area contributed by atoms with Crippen LogP contribution in [0.25, 0.3) is 0 Å². The molecule has 1 aliphatic carbocycles. The van der Waals surface area contributed by atoms with E-state index in [1.165, 1.54) is 51.5 Å². The van der Waals surface area contributed by atoms with E-state index in [1.807, 2.05) is 0 Å². The summed E-state index contributed by atoms with van der Waals surface area (Å²) in [6.07, 6.45) is 11.8. The van der Waals surface area contributed by atoms with Crippen molar-refractivity contribution >= 4 is 0 Å². The average Bonchev–Trinajstić information content (AvgIpc) is 2.35. The quantitative estimate of drug-likeness (QED) is 0.612. The molecule has 0 aromatic carbocycles. The first kappa shape index (κ1) is 15.8. The van der Waals surface area contributed by atoms with Gasteiger partial charge in [-0.3, -0.25) is 0 Å². The highest BCUT2D eigenvalue weighted by atomic mass is 14.9. The molecule has 1 saturated carbocycles. The first-order chi connectivity index (χ1) is 8.67. The van der Waals surface area contributed by atoms with Gasteiger partial charge in [-0.1, -0.05) is 46.1 Å². The maximum absolute atomic E-state index is 3.88. The zero-order valence-corrected chi connectivity index (χ0v) is 12.8. The molecular formula is C17H33N.